The Kier molecular flexibility index (Phi) is 8.27. The molecule has 0 unspecified atom stereocenters. The summed E-state index contributed by atoms with van der Waals surface area (Å²) in [4.78, 5) is 4.10. The molecule has 0 atom stereocenters. The molecule has 238 valence electrons. The number of hydrogen-bond donors (Lipinski definition) is 1. The average molecular weight is 655 g/mol. The van der Waals surface area contributed by atoms with Gasteiger partial charge < -0.3 is 14.3 Å². The Bertz CT molecular complexity index is 2090. The van der Waals surface area contributed by atoms with Crippen LogP contribution in [0.5, 0.6) is 5.75 Å². The first kappa shape index (κ1) is 32.4. The van der Waals surface area contributed by atoms with Gasteiger partial charge in [0.25, 0.3) is 0 Å². The van der Waals surface area contributed by atoms with E-state index in [9.17, 15) is 32.0 Å². The van der Waals surface area contributed by atoms with E-state index in [-0.39, 0.29) is 33.4 Å². The second kappa shape index (κ2) is 11.7. The van der Waals surface area contributed by atoms with E-state index in [1.165, 1.54) is 22.9 Å². The van der Waals surface area contributed by atoms with Gasteiger partial charge in [0, 0.05) is 36.1 Å². The topological polar surface area (TPSA) is 131 Å². The molecule has 0 aliphatic heterocycles. The van der Waals surface area contributed by atoms with Crippen molar-refractivity contribution < 1.29 is 40.2 Å². The molecule has 14 heteroatoms. The summed E-state index contributed by atoms with van der Waals surface area (Å²) in [5.74, 6) is -0.938. The third kappa shape index (κ3) is 6.51. The molecule has 1 N–H and O–H groups in total. The molecule has 0 saturated carbocycles. The van der Waals surface area contributed by atoms with E-state index < -0.39 is 39.8 Å². The van der Waals surface area contributed by atoms with Crippen molar-refractivity contribution in [1.82, 2.24) is 14.8 Å². The first-order chi connectivity index (χ1) is 21.5. The summed E-state index contributed by atoms with van der Waals surface area (Å²) in [7, 11) is -3.93. The third-order valence-electron chi connectivity index (χ3n) is 7.14. The number of aliphatic hydroxyl groups excluding tert-OH is 1. The van der Waals surface area contributed by atoms with Gasteiger partial charge in [-0.15, -0.1) is 13.2 Å². The van der Waals surface area contributed by atoms with Gasteiger partial charge in [-0.3, -0.25) is 0 Å². The maximum absolute atomic E-state index is 15.1. The Labute approximate surface area is 261 Å². The standard InChI is InChI=1S/C32H26F4N4O5S/c1-18-38-29(19-5-8-22(9-6-19)45-32(34,35)36)30(44-18)23-13-20(21-14-25(33)24(16-41)27(15-21)46(4,42)43)7-10-26(23)40-12-11-28(39-40)31(2,3)17-37/h5-15,41H,16H2,1-4H3. The number of rotatable bonds is 8. The Balaban J connectivity index is 1.73. The summed E-state index contributed by atoms with van der Waals surface area (Å²) >= 11 is 0. The number of aliphatic hydroxyl groups is 1. The number of benzene rings is 3. The molecule has 0 saturated heterocycles. The fraction of sp³-hybridized carbons (Fsp3) is 0.219. The van der Waals surface area contributed by atoms with Gasteiger partial charge in [0.15, 0.2) is 21.5 Å². The van der Waals surface area contributed by atoms with Crippen LogP contribution in [-0.2, 0) is 21.9 Å². The van der Waals surface area contributed by atoms with Crippen molar-refractivity contribution in [3.8, 4) is 51.2 Å². The van der Waals surface area contributed by atoms with E-state index in [4.69, 9.17) is 4.42 Å². The highest BCUT2D eigenvalue weighted by atomic mass is 32.2. The average Bonchev–Trinajstić information content (AvgIpc) is 3.63. The van der Waals surface area contributed by atoms with Crippen LogP contribution >= 0.6 is 0 Å². The van der Waals surface area contributed by atoms with Gasteiger partial charge in [-0.25, -0.2) is 22.5 Å². The summed E-state index contributed by atoms with van der Waals surface area (Å²) in [5, 5.41) is 23.9. The SMILES string of the molecule is Cc1nc(-c2ccc(OC(F)(F)F)cc2)c(-c2cc(-c3cc(F)c(CO)c(S(C)(=O)=O)c3)ccc2-n2ccc(C(C)(C)C#N)n2)o1. The predicted molar refractivity (Wildman–Crippen MR) is 159 cm³/mol. The highest BCUT2D eigenvalue weighted by molar-refractivity contribution is 7.90. The van der Waals surface area contributed by atoms with Crippen LogP contribution in [0, 0.1) is 24.1 Å². The lowest BCUT2D eigenvalue weighted by atomic mass is 9.92. The molecule has 46 heavy (non-hydrogen) atoms. The zero-order chi connectivity index (χ0) is 33.6. The molecule has 0 radical (unpaired) electrons. The van der Waals surface area contributed by atoms with Crippen molar-refractivity contribution in [2.75, 3.05) is 6.26 Å². The van der Waals surface area contributed by atoms with Crippen molar-refractivity contribution in [1.29, 1.82) is 5.26 Å². The molecule has 0 spiro atoms. The molecule has 0 aliphatic rings. The zero-order valence-electron chi connectivity index (χ0n) is 24.8. The number of aromatic nitrogens is 3. The molecule has 0 bridgehead atoms. The molecule has 0 fully saturated rings. The number of ether oxygens (including phenoxy) is 1. The molecule has 2 heterocycles. The molecule has 5 rings (SSSR count). The van der Waals surface area contributed by atoms with Crippen LogP contribution < -0.4 is 4.74 Å². The maximum atomic E-state index is 15.1. The minimum atomic E-state index is -4.87. The number of hydrogen-bond acceptors (Lipinski definition) is 8. The normalized spacial score (nSPS) is 12.3. The second-order valence-corrected chi connectivity index (χ2v) is 12.9. The molecule has 0 amide bonds. The van der Waals surface area contributed by atoms with Gasteiger partial charge in [-0.1, -0.05) is 6.07 Å². The van der Waals surface area contributed by atoms with Crippen molar-refractivity contribution >= 4 is 9.84 Å². The molecule has 9 nitrogen and oxygen atoms in total. The summed E-state index contributed by atoms with van der Waals surface area (Å²) in [5.41, 5.74) is 1.19. The second-order valence-electron chi connectivity index (χ2n) is 11.0. The van der Waals surface area contributed by atoms with Crippen LogP contribution in [-0.4, -0.2) is 40.9 Å². The van der Waals surface area contributed by atoms with Crippen LogP contribution in [0.3, 0.4) is 0 Å². The van der Waals surface area contributed by atoms with E-state index in [0.29, 0.717) is 28.1 Å². The number of oxazole rings is 1. The lowest BCUT2D eigenvalue weighted by Crippen LogP contribution is -2.16. The number of aryl methyl sites for hydroxylation is 1. The van der Waals surface area contributed by atoms with Gasteiger partial charge in [-0.2, -0.15) is 10.4 Å². The smallest absolute Gasteiger partial charge is 0.440 e. The summed E-state index contributed by atoms with van der Waals surface area (Å²) in [6.07, 6.45) is -2.33. The van der Waals surface area contributed by atoms with Crippen LogP contribution in [0.15, 0.2) is 76.2 Å². The third-order valence-corrected chi connectivity index (χ3v) is 8.30. The molecular weight excluding hydrogens is 628 g/mol. The van der Waals surface area contributed by atoms with E-state index >= 15 is 4.39 Å². The van der Waals surface area contributed by atoms with Gasteiger partial charge in [0.1, 0.15) is 17.3 Å². The molecule has 3 aromatic carbocycles. The molecule has 5 aromatic rings. The molecule has 0 aliphatic carbocycles. The van der Waals surface area contributed by atoms with E-state index in [1.54, 1.807) is 51.2 Å². The maximum Gasteiger partial charge on any atom is 0.573 e. The van der Waals surface area contributed by atoms with Crippen LogP contribution in [0.4, 0.5) is 17.6 Å². The van der Waals surface area contributed by atoms with E-state index in [1.807, 2.05) is 0 Å². The summed E-state index contributed by atoms with van der Waals surface area (Å²) < 4.78 is 89.8. The number of halogens is 4. The predicted octanol–water partition coefficient (Wildman–Crippen LogP) is 6.90. The Morgan fingerprint density at radius 2 is 1.70 bits per heavy atom. The Morgan fingerprint density at radius 3 is 2.30 bits per heavy atom. The van der Waals surface area contributed by atoms with Crippen molar-refractivity contribution in [3.05, 3.63) is 89.8 Å². The monoisotopic (exact) mass is 654 g/mol. The van der Waals surface area contributed by atoms with E-state index in [0.717, 1.165) is 24.5 Å². The van der Waals surface area contributed by atoms with Crippen LogP contribution in [0.25, 0.3) is 39.4 Å². The van der Waals surface area contributed by atoms with Crippen LogP contribution in [0.1, 0.15) is 31.0 Å². The fourth-order valence-electron chi connectivity index (χ4n) is 4.83. The van der Waals surface area contributed by atoms with Crippen molar-refractivity contribution in [2.45, 2.75) is 44.1 Å². The highest BCUT2D eigenvalue weighted by Gasteiger charge is 2.31. The van der Waals surface area contributed by atoms with Gasteiger partial charge in [0.2, 0.25) is 0 Å². The largest absolute Gasteiger partial charge is 0.573 e. The van der Waals surface area contributed by atoms with Gasteiger partial charge >= 0.3 is 6.36 Å². The molecular formula is C32H26F4N4O5S. The number of nitriles is 1. The first-order valence-corrected chi connectivity index (χ1v) is 15.5. The lowest BCUT2D eigenvalue weighted by Gasteiger charge is -2.15. The number of sulfone groups is 1. The van der Waals surface area contributed by atoms with Crippen molar-refractivity contribution in [3.63, 3.8) is 0 Å². The van der Waals surface area contributed by atoms with Crippen molar-refractivity contribution in [2.24, 2.45) is 0 Å². The summed E-state index contributed by atoms with van der Waals surface area (Å²) in [6, 6.07) is 16.1. The number of nitrogens with zero attached hydrogens (tertiary/aromatic N) is 4. The van der Waals surface area contributed by atoms with E-state index in [2.05, 4.69) is 20.9 Å². The number of alkyl halides is 3. The highest BCUT2D eigenvalue weighted by Crippen LogP contribution is 2.40. The minimum absolute atomic E-state index is 0.182. The quantitative estimate of drug-likeness (QED) is 0.179. The van der Waals surface area contributed by atoms with Gasteiger partial charge in [-0.05, 0) is 79.6 Å². The zero-order valence-corrected chi connectivity index (χ0v) is 25.7. The van der Waals surface area contributed by atoms with Crippen LogP contribution in [0.2, 0.25) is 0 Å². The Morgan fingerprint density at radius 1 is 1.02 bits per heavy atom. The first-order valence-electron chi connectivity index (χ1n) is 13.6. The lowest BCUT2D eigenvalue weighted by molar-refractivity contribution is -0.274. The van der Waals surface area contributed by atoms with Gasteiger partial charge in [0.05, 0.1) is 34.4 Å². The fourth-order valence-corrected chi connectivity index (χ4v) is 5.78. The summed E-state index contributed by atoms with van der Waals surface area (Å²) in [6.45, 7) is 4.17. The minimum Gasteiger partial charge on any atom is -0.440 e. The Hall–Kier alpha value is -5.00. The molecule has 2 aromatic heterocycles.